The SMILES string of the molecule is C=CCOC(=O)c1ccc2oc(-c3cccc4ccccc34)nc2c1. The first-order chi connectivity index (χ1) is 12.3. The maximum absolute atomic E-state index is 12.0. The van der Waals surface area contributed by atoms with Crippen LogP contribution in [0, 0.1) is 0 Å². The van der Waals surface area contributed by atoms with Gasteiger partial charge in [-0.2, -0.15) is 0 Å². The smallest absolute Gasteiger partial charge is 0.338 e. The third-order valence-electron chi connectivity index (χ3n) is 3.98. The second-order valence-electron chi connectivity index (χ2n) is 5.62. The first kappa shape index (κ1) is 15.1. The summed E-state index contributed by atoms with van der Waals surface area (Å²) in [6.45, 7) is 3.71. The lowest BCUT2D eigenvalue weighted by Gasteiger charge is -2.01. The number of oxazole rings is 1. The molecule has 4 nitrogen and oxygen atoms in total. The van der Waals surface area contributed by atoms with E-state index in [1.807, 2.05) is 30.3 Å². The van der Waals surface area contributed by atoms with E-state index in [4.69, 9.17) is 9.15 Å². The molecule has 0 bridgehead atoms. The molecule has 25 heavy (non-hydrogen) atoms. The van der Waals surface area contributed by atoms with Crippen molar-refractivity contribution in [3.8, 4) is 11.5 Å². The average molecular weight is 329 g/mol. The Morgan fingerprint density at radius 3 is 2.84 bits per heavy atom. The minimum Gasteiger partial charge on any atom is -0.458 e. The van der Waals surface area contributed by atoms with Gasteiger partial charge >= 0.3 is 5.97 Å². The van der Waals surface area contributed by atoms with Crippen LogP contribution in [-0.4, -0.2) is 17.6 Å². The highest BCUT2D eigenvalue weighted by Crippen LogP contribution is 2.30. The quantitative estimate of drug-likeness (QED) is 0.391. The molecule has 0 unspecified atom stereocenters. The van der Waals surface area contributed by atoms with E-state index in [9.17, 15) is 4.79 Å². The highest BCUT2D eigenvalue weighted by atomic mass is 16.5. The zero-order chi connectivity index (χ0) is 17.2. The van der Waals surface area contributed by atoms with Crippen LogP contribution in [0.2, 0.25) is 0 Å². The number of fused-ring (bicyclic) bond motifs is 2. The molecule has 4 rings (SSSR count). The highest BCUT2D eigenvalue weighted by molar-refractivity contribution is 5.97. The zero-order valence-electron chi connectivity index (χ0n) is 13.4. The van der Waals surface area contributed by atoms with Gasteiger partial charge in [-0.15, -0.1) is 0 Å². The Hall–Kier alpha value is -3.40. The second-order valence-corrected chi connectivity index (χ2v) is 5.62. The lowest BCUT2D eigenvalue weighted by atomic mass is 10.0. The summed E-state index contributed by atoms with van der Waals surface area (Å²) in [5.41, 5.74) is 2.61. The van der Waals surface area contributed by atoms with Crippen molar-refractivity contribution in [2.75, 3.05) is 6.61 Å². The van der Waals surface area contributed by atoms with Gasteiger partial charge in [-0.05, 0) is 35.0 Å². The summed E-state index contributed by atoms with van der Waals surface area (Å²) >= 11 is 0. The van der Waals surface area contributed by atoms with E-state index in [-0.39, 0.29) is 6.61 Å². The molecule has 1 heterocycles. The fourth-order valence-electron chi connectivity index (χ4n) is 2.80. The molecule has 0 N–H and O–H groups in total. The summed E-state index contributed by atoms with van der Waals surface area (Å²) < 4.78 is 11.0. The normalized spacial score (nSPS) is 10.9. The lowest BCUT2D eigenvalue weighted by Crippen LogP contribution is -2.04. The molecule has 4 aromatic rings. The van der Waals surface area contributed by atoms with E-state index in [1.165, 1.54) is 6.08 Å². The minimum atomic E-state index is -0.406. The molecular weight excluding hydrogens is 314 g/mol. The molecule has 0 saturated carbocycles. The van der Waals surface area contributed by atoms with Crippen LogP contribution in [0.15, 0.2) is 77.7 Å². The predicted molar refractivity (Wildman–Crippen MR) is 97.4 cm³/mol. The first-order valence-corrected chi connectivity index (χ1v) is 7.93. The largest absolute Gasteiger partial charge is 0.458 e. The molecule has 0 saturated heterocycles. The van der Waals surface area contributed by atoms with Gasteiger partial charge in [-0.25, -0.2) is 9.78 Å². The molecule has 0 amide bonds. The number of rotatable bonds is 4. The van der Waals surface area contributed by atoms with Crippen molar-refractivity contribution >= 4 is 27.8 Å². The summed E-state index contributed by atoms with van der Waals surface area (Å²) in [4.78, 5) is 16.5. The van der Waals surface area contributed by atoms with Crippen LogP contribution in [-0.2, 0) is 4.74 Å². The number of nitrogens with zero attached hydrogens (tertiary/aromatic N) is 1. The van der Waals surface area contributed by atoms with Crippen LogP contribution in [0.1, 0.15) is 10.4 Å². The van der Waals surface area contributed by atoms with Crippen LogP contribution in [0.3, 0.4) is 0 Å². The minimum absolute atomic E-state index is 0.178. The molecule has 122 valence electrons. The lowest BCUT2D eigenvalue weighted by molar-refractivity contribution is 0.0550. The Bertz CT molecular complexity index is 1090. The summed E-state index contributed by atoms with van der Waals surface area (Å²) in [5, 5.41) is 2.19. The van der Waals surface area contributed by atoms with E-state index >= 15 is 0 Å². The standard InChI is InChI=1S/C21H15NO3/c1-2-12-24-21(23)15-10-11-19-18(13-15)22-20(25-19)17-9-5-7-14-6-3-4-8-16(14)17/h2-11,13H,1,12H2. The number of hydrogen-bond acceptors (Lipinski definition) is 4. The predicted octanol–water partition coefficient (Wildman–Crippen LogP) is 4.99. The Balaban J connectivity index is 1.78. The highest BCUT2D eigenvalue weighted by Gasteiger charge is 2.14. The van der Waals surface area contributed by atoms with Crippen molar-refractivity contribution in [1.29, 1.82) is 0 Å². The van der Waals surface area contributed by atoms with Crippen LogP contribution in [0.4, 0.5) is 0 Å². The number of benzene rings is 3. The Labute approximate surface area is 144 Å². The second kappa shape index (κ2) is 6.24. The third kappa shape index (κ3) is 2.78. The number of hydrogen-bond donors (Lipinski definition) is 0. The van der Waals surface area contributed by atoms with E-state index in [1.54, 1.807) is 18.2 Å². The monoisotopic (exact) mass is 329 g/mol. The van der Waals surface area contributed by atoms with Gasteiger partial charge in [0.15, 0.2) is 5.58 Å². The van der Waals surface area contributed by atoms with Crippen LogP contribution < -0.4 is 0 Å². The van der Waals surface area contributed by atoms with Gasteiger partial charge in [-0.1, -0.05) is 49.1 Å². The van der Waals surface area contributed by atoms with Gasteiger partial charge in [0, 0.05) is 5.56 Å². The fraction of sp³-hybridized carbons (Fsp3) is 0.0476. The van der Waals surface area contributed by atoms with E-state index < -0.39 is 5.97 Å². The Morgan fingerprint density at radius 1 is 1.12 bits per heavy atom. The topological polar surface area (TPSA) is 52.3 Å². The fourth-order valence-corrected chi connectivity index (χ4v) is 2.80. The van der Waals surface area contributed by atoms with Crippen LogP contribution in [0.5, 0.6) is 0 Å². The maximum Gasteiger partial charge on any atom is 0.338 e. The van der Waals surface area contributed by atoms with Crippen LogP contribution >= 0.6 is 0 Å². The van der Waals surface area contributed by atoms with Crippen LogP contribution in [0.25, 0.3) is 33.3 Å². The van der Waals surface area contributed by atoms with Crippen molar-refractivity contribution in [3.63, 3.8) is 0 Å². The van der Waals surface area contributed by atoms with Crippen molar-refractivity contribution in [1.82, 2.24) is 4.98 Å². The van der Waals surface area contributed by atoms with Gasteiger partial charge in [0.2, 0.25) is 5.89 Å². The number of carbonyl (C=O) groups is 1. The van der Waals surface area contributed by atoms with Gasteiger partial charge in [0.05, 0.1) is 5.56 Å². The van der Waals surface area contributed by atoms with Crippen molar-refractivity contribution in [3.05, 3.63) is 78.9 Å². The summed E-state index contributed by atoms with van der Waals surface area (Å²) in [6, 6.07) is 19.2. The molecule has 0 aliphatic carbocycles. The molecule has 0 aliphatic rings. The number of esters is 1. The summed E-state index contributed by atoms with van der Waals surface area (Å²) in [6.07, 6.45) is 1.53. The Kier molecular flexibility index (Phi) is 3.78. The average Bonchev–Trinajstić information content (AvgIpc) is 3.08. The molecule has 0 radical (unpaired) electrons. The summed E-state index contributed by atoms with van der Waals surface area (Å²) in [7, 11) is 0. The van der Waals surface area contributed by atoms with E-state index in [0.29, 0.717) is 22.6 Å². The third-order valence-corrected chi connectivity index (χ3v) is 3.98. The number of aromatic nitrogens is 1. The zero-order valence-corrected chi connectivity index (χ0v) is 13.4. The number of carbonyl (C=O) groups excluding carboxylic acids is 1. The first-order valence-electron chi connectivity index (χ1n) is 7.93. The molecule has 0 atom stereocenters. The summed E-state index contributed by atoms with van der Waals surface area (Å²) in [5.74, 6) is 0.125. The number of ether oxygens (including phenoxy) is 1. The van der Waals surface area contributed by atoms with Crippen molar-refractivity contribution < 1.29 is 13.9 Å². The molecule has 4 heteroatoms. The molecular formula is C21H15NO3. The van der Waals surface area contributed by atoms with Gasteiger partial charge < -0.3 is 9.15 Å². The van der Waals surface area contributed by atoms with Gasteiger partial charge in [0.1, 0.15) is 12.1 Å². The molecule has 0 aliphatic heterocycles. The van der Waals surface area contributed by atoms with E-state index in [2.05, 4.69) is 23.7 Å². The molecule has 0 fully saturated rings. The molecule has 1 aromatic heterocycles. The van der Waals surface area contributed by atoms with E-state index in [0.717, 1.165) is 16.3 Å². The Morgan fingerprint density at radius 2 is 1.96 bits per heavy atom. The van der Waals surface area contributed by atoms with Crippen molar-refractivity contribution in [2.24, 2.45) is 0 Å². The molecule has 0 spiro atoms. The molecule has 3 aromatic carbocycles. The maximum atomic E-state index is 12.0. The van der Waals surface area contributed by atoms with Crippen molar-refractivity contribution in [2.45, 2.75) is 0 Å². The van der Waals surface area contributed by atoms with Gasteiger partial charge in [-0.3, -0.25) is 0 Å². The van der Waals surface area contributed by atoms with Gasteiger partial charge in [0.25, 0.3) is 0 Å².